The molecule has 0 fully saturated rings. The van der Waals surface area contributed by atoms with Crippen LogP contribution in [0.3, 0.4) is 0 Å². The molecule has 2 aromatic carbocycles. The second-order valence-corrected chi connectivity index (χ2v) is 9.87. The molecule has 1 aliphatic heterocycles. The smallest absolute Gasteiger partial charge is 0.269 e. The minimum absolute atomic E-state index is 0.0495. The van der Waals surface area contributed by atoms with Crippen LogP contribution >= 0.6 is 0 Å². The van der Waals surface area contributed by atoms with Gasteiger partial charge in [-0.3, -0.25) is 14.4 Å². The number of hydrogen-bond acceptors (Lipinski definition) is 5. The van der Waals surface area contributed by atoms with Gasteiger partial charge in [0.25, 0.3) is 15.9 Å². The maximum Gasteiger partial charge on any atom is 0.269 e. The van der Waals surface area contributed by atoms with Crippen LogP contribution in [0.2, 0.25) is 0 Å². The zero-order chi connectivity index (χ0) is 24.2. The molecular weight excluding hydrogens is 442 g/mol. The predicted molar refractivity (Wildman–Crippen MR) is 124 cm³/mol. The molecule has 1 heterocycles. The summed E-state index contributed by atoms with van der Waals surface area (Å²) in [5.41, 5.74) is 1.97. The van der Waals surface area contributed by atoms with Gasteiger partial charge in [-0.25, -0.2) is 12.7 Å². The first-order chi connectivity index (χ1) is 15.7. The van der Waals surface area contributed by atoms with Gasteiger partial charge < -0.3 is 10.2 Å². The quantitative estimate of drug-likeness (QED) is 0.605. The van der Waals surface area contributed by atoms with Crippen LogP contribution in [0, 0.1) is 6.92 Å². The number of sulfonamides is 1. The Bertz CT molecular complexity index is 1160. The lowest BCUT2D eigenvalue weighted by Gasteiger charge is -2.30. The highest BCUT2D eigenvalue weighted by molar-refractivity contribution is 7.90. The van der Waals surface area contributed by atoms with E-state index >= 15 is 0 Å². The monoisotopic (exact) mass is 471 g/mol. The molecule has 33 heavy (non-hydrogen) atoms. The topological polar surface area (TPSA) is 104 Å². The first kappa shape index (κ1) is 24.4. The Kier molecular flexibility index (Phi) is 7.53. The standard InChI is InChI=1S/C24H29N3O5S/c1-4-14-25-23(29)18(3)26(16-19-10-6-5-9-17(19)2)22(28)13-15-27-24(30)20-11-7-8-12-21(20)33(27,31)32/h5-12,18H,4,13-16H2,1-3H3,(H,25,29). The average molecular weight is 472 g/mol. The molecule has 0 radical (unpaired) electrons. The van der Waals surface area contributed by atoms with Crippen molar-refractivity contribution < 1.29 is 22.8 Å². The Morgan fingerprint density at radius 2 is 1.76 bits per heavy atom. The van der Waals surface area contributed by atoms with E-state index in [1.807, 2.05) is 38.1 Å². The molecule has 9 heteroatoms. The molecule has 176 valence electrons. The van der Waals surface area contributed by atoms with E-state index in [1.165, 1.54) is 17.0 Å². The van der Waals surface area contributed by atoms with E-state index in [1.54, 1.807) is 19.1 Å². The largest absolute Gasteiger partial charge is 0.354 e. The van der Waals surface area contributed by atoms with E-state index in [0.29, 0.717) is 6.54 Å². The van der Waals surface area contributed by atoms with E-state index in [0.717, 1.165) is 21.9 Å². The van der Waals surface area contributed by atoms with E-state index in [4.69, 9.17) is 0 Å². The molecule has 3 rings (SSSR count). The third kappa shape index (κ3) is 5.08. The Balaban J connectivity index is 1.79. The molecular formula is C24H29N3O5S. The van der Waals surface area contributed by atoms with Crippen molar-refractivity contribution in [3.05, 3.63) is 65.2 Å². The molecule has 1 unspecified atom stereocenters. The van der Waals surface area contributed by atoms with Crippen molar-refractivity contribution in [2.45, 2.75) is 51.1 Å². The maximum absolute atomic E-state index is 13.2. The van der Waals surface area contributed by atoms with Crippen molar-refractivity contribution in [1.29, 1.82) is 0 Å². The van der Waals surface area contributed by atoms with Crippen LogP contribution in [-0.4, -0.2) is 54.5 Å². The van der Waals surface area contributed by atoms with E-state index < -0.39 is 27.9 Å². The Morgan fingerprint density at radius 3 is 2.42 bits per heavy atom. The molecule has 0 saturated heterocycles. The summed E-state index contributed by atoms with van der Waals surface area (Å²) in [7, 11) is -4.00. The number of rotatable bonds is 9. The van der Waals surface area contributed by atoms with E-state index in [9.17, 15) is 22.8 Å². The summed E-state index contributed by atoms with van der Waals surface area (Å²) in [6.07, 6.45) is 0.538. The Morgan fingerprint density at radius 1 is 1.09 bits per heavy atom. The van der Waals surface area contributed by atoms with Crippen LogP contribution in [0.4, 0.5) is 0 Å². The number of carbonyl (C=O) groups excluding carboxylic acids is 3. The normalized spacial score (nSPS) is 15.1. The van der Waals surface area contributed by atoms with Gasteiger partial charge in [0.2, 0.25) is 11.8 Å². The molecule has 8 nitrogen and oxygen atoms in total. The van der Waals surface area contributed by atoms with Crippen LogP contribution in [0.1, 0.15) is 48.2 Å². The minimum atomic E-state index is -4.00. The summed E-state index contributed by atoms with van der Waals surface area (Å²) in [6.45, 7) is 5.91. The summed E-state index contributed by atoms with van der Waals surface area (Å²) >= 11 is 0. The van der Waals surface area contributed by atoms with Gasteiger partial charge in [-0.15, -0.1) is 0 Å². The number of carbonyl (C=O) groups is 3. The summed E-state index contributed by atoms with van der Waals surface area (Å²) in [5.74, 6) is -1.33. The first-order valence-corrected chi connectivity index (χ1v) is 12.4. The van der Waals surface area contributed by atoms with Crippen molar-refractivity contribution in [3.8, 4) is 0 Å². The van der Waals surface area contributed by atoms with Crippen LogP contribution in [-0.2, 0) is 26.2 Å². The summed E-state index contributed by atoms with van der Waals surface area (Å²) in [5, 5.41) is 2.80. The molecule has 1 atom stereocenters. The van der Waals surface area contributed by atoms with Crippen LogP contribution < -0.4 is 5.32 Å². The lowest BCUT2D eigenvalue weighted by molar-refractivity contribution is -0.140. The van der Waals surface area contributed by atoms with Gasteiger partial charge in [0, 0.05) is 26.1 Å². The minimum Gasteiger partial charge on any atom is -0.354 e. The predicted octanol–water partition coefficient (Wildman–Crippen LogP) is 2.47. The average Bonchev–Trinajstić information content (AvgIpc) is 3.00. The number of hydrogen-bond donors (Lipinski definition) is 1. The highest BCUT2D eigenvalue weighted by atomic mass is 32.2. The van der Waals surface area contributed by atoms with Crippen molar-refractivity contribution in [2.75, 3.05) is 13.1 Å². The lowest BCUT2D eigenvalue weighted by Crippen LogP contribution is -2.48. The number of nitrogens with one attached hydrogen (secondary N) is 1. The van der Waals surface area contributed by atoms with E-state index in [2.05, 4.69) is 5.32 Å². The number of aryl methyl sites for hydroxylation is 1. The van der Waals surface area contributed by atoms with Crippen molar-refractivity contribution >= 4 is 27.7 Å². The fraction of sp³-hybridized carbons (Fsp3) is 0.375. The fourth-order valence-electron chi connectivity index (χ4n) is 3.74. The fourth-order valence-corrected chi connectivity index (χ4v) is 5.31. The van der Waals surface area contributed by atoms with Gasteiger partial charge >= 0.3 is 0 Å². The highest BCUT2D eigenvalue weighted by Gasteiger charge is 2.41. The van der Waals surface area contributed by atoms with Crippen LogP contribution in [0.5, 0.6) is 0 Å². The Labute approximate surface area is 194 Å². The molecule has 1 aliphatic rings. The molecule has 0 aromatic heterocycles. The molecule has 0 aliphatic carbocycles. The first-order valence-electron chi connectivity index (χ1n) is 11.0. The molecule has 2 aromatic rings. The van der Waals surface area contributed by atoms with Gasteiger partial charge in [-0.05, 0) is 43.5 Å². The second-order valence-electron chi connectivity index (χ2n) is 8.04. The van der Waals surface area contributed by atoms with Crippen LogP contribution in [0.25, 0.3) is 0 Å². The van der Waals surface area contributed by atoms with Crippen molar-refractivity contribution in [3.63, 3.8) is 0 Å². The zero-order valence-corrected chi connectivity index (χ0v) is 19.9. The third-order valence-corrected chi connectivity index (χ3v) is 7.60. The van der Waals surface area contributed by atoms with Crippen molar-refractivity contribution in [2.24, 2.45) is 0 Å². The number of amides is 3. The Hall–Kier alpha value is -3.20. The van der Waals surface area contributed by atoms with Gasteiger partial charge in [0.05, 0.1) is 5.56 Å². The maximum atomic E-state index is 13.2. The van der Waals surface area contributed by atoms with E-state index in [-0.39, 0.29) is 35.9 Å². The van der Waals surface area contributed by atoms with Crippen molar-refractivity contribution in [1.82, 2.24) is 14.5 Å². The van der Waals surface area contributed by atoms with Gasteiger partial charge in [0.15, 0.2) is 0 Å². The third-order valence-electron chi connectivity index (χ3n) is 5.76. The van der Waals surface area contributed by atoms with Gasteiger partial charge in [-0.1, -0.05) is 43.3 Å². The molecule has 0 saturated carbocycles. The molecule has 3 amide bonds. The lowest BCUT2D eigenvalue weighted by atomic mass is 10.1. The summed E-state index contributed by atoms with van der Waals surface area (Å²) in [4.78, 5) is 39.9. The second kappa shape index (κ2) is 10.2. The summed E-state index contributed by atoms with van der Waals surface area (Å²) in [6, 6.07) is 12.8. The zero-order valence-electron chi connectivity index (χ0n) is 19.1. The number of fused-ring (bicyclic) bond motifs is 1. The molecule has 1 N–H and O–H groups in total. The number of benzene rings is 2. The molecule has 0 spiro atoms. The number of nitrogens with zero attached hydrogens (tertiary/aromatic N) is 2. The van der Waals surface area contributed by atoms with Gasteiger partial charge in [0.1, 0.15) is 10.9 Å². The highest BCUT2D eigenvalue weighted by Crippen LogP contribution is 2.30. The molecule has 0 bridgehead atoms. The summed E-state index contributed by atoms with van der Waals surface area (Å²) < 4.78 is 26.3. The van der Waals surface area contributed by atoms with Gasteiger partial charge in [-0.2, -0.15) is 0 Å². The SMILES string of the molecule is CCCNC(=O)C(C)N(Cc1ccccc1C)C(=O)CCN1C(=O)c2ccccc2S1(=O)=O. The van der Waals surface area contributed by atoms with Crippen LogP contribution in [0.15, 0.2) is 53.4 Å².